The molecule has 4 nitrogen and oxygen atoms in total. The summed E-state index contributed by atoms with van der Waals surface area (Å²) in [5.41, 5.74) is 0.235. The van der Waals surface area contributed by atoms with Crippen molar-refractivity contribution in [2.75, 3.05) is 6.26 Å². The molecule has 1 atom stereocenters. The lowest BCUT2D eigenvalue weighted by Gasteiger charge is -2.17. The number of amides is 1. The fraction of sp³-hybridized carbons (Fsp3) is 0.545. The molecule has 0 aromatic carbocycles. The number of halogens is 1. The van der Waals surface area contributed by atoms with E-state index in [1.165, 1.54) is 18.0 Å². The molecule has 1 amide bonds. The summed E-state index contributed by atoms with van der Waals surface area (Å²) in [4.78, 5) is 20.1. The van der Waals surface area contributed by atoms with E-state index in [-0.39, 0.29) is 22.7 Å². The van der Waals surface area contributed by atoms with Gasteiger partial charge >= 0.3 is 0 Å². The Labute approximate surface area is 111 Å². The Morgan fingerprint density at radius 2 is 2.12 bits per heavy atom. The van der Waals surface area contributed by atoms with Crippen LogP contribution in [0.2, 0.25) is 5.02 Å². The zero-order valence-electron chi connectivity index (χ0n) is 10.3. The summed E-state index contributed by atoms with van der Waals surface area (Å²) in [6.45, 7) is 6.03. The fourth-order valence-electron chi connectivity index (χ4n) is 1.05. The van der Waals surface area contributed by atoms with Gasteiger partial charge < -0.3 is 5.32 Å². The van der Waals surface area contributed by atoms with Crippen molar-refractivity contribution in [3.63, 3.8) is 0 Å². The van der Waals surface area contributed by atoms with Crippen LogP contribution in [-0.2, 0) is 0 Å². The van der Waals surface area contributed by atoms with E-state index < -0.39 is 0 Å². The number of nitrogens with one attached hydrogen (secondary N) is 1. The molecule has 0 radical (unpaired) electrons. The van der Waals surface area contributed by atoms with Gasteiger partial charge in [0.05, 0.1) is 11.2 Å². The first-order chi connectivity index (χ1) is 7.95. The summed E-state index contributed by atoms with van der Waals surface area (Å²) >= 11 is 7.29. The average molecular weight is 274 g/mol. The Morgan fingerprint density at radius 3 is 2.65 bits per heavy atom. The van der Waals surface area contributed by atoms with Crippen molar-refractivity contribution < 1.29 is 4.79 Å². The maximum Gasteiger partial charge on any atom is 0.271 e. The van der Waals surface area contributed by atoms with Crippen LogP contribution in [0.25, 0.3) is 0 Å². The maximum atomic E-state index is 12.0. The summed E-state index contributed by atoms with van der Waals surface area (Å²) in [5, 5.41) is 3.68. The van der Waals surface area contributed by atoms with Crippen molar-refractivity contribution in [3.8, 4) is 0 Å². The lowest BCUT2D eigenvalue weighted by atomic mass is 10.1. The molecule has 1 N–H and O–H groups in total. The molecule has 17 heavy (non-hydrogen) atoms. The van der Waals surface area contributed by atoms with Gasteiger partial charge in [-0.15, -0.1) is 0 Å². The lowest BCUT2D eigenvalue weighted by molar-refractivity contribution is 0.0924. The van der Waals surface area contributed by atoms with Crippen LogP contribution < -0.4 is 5.32 Å². The van der Waals surface area contributed by atoms with E-state index in [0.29, 0.717) is 11.1 Å². The quantitative estimate of drug-likeness (QED) is 0.677. The predicted octanol–water partition coefficient (Wildman–Crippen LogP) is 2.63. The van der Waals surface area contributed by atoms with Crippen molar-refractivity contribution in [2.45, 2.75) is 32.0 Å². The number of carbonyl (C=O) groups excluding carboxylic acids is 1. The third-order valence-corrected chi connectivity index (χ3v) is 3.32. The van der Waals surface area contributed by atoms with Gasteiger partial charge in [0, 0.05) is 6.04 Å². The molecule has 0 saturated heterocycles. The van der Waals surface area contributed by atoms with E-state index in [4.69, 9.17) is 11.6 Å². The van der Waals surface area contributed by atoms with Crippen molar-refractivity contribution in [3.05, 3.63) is 16.9 Å². The summed E-state index contributed by atoms with van der Waals surface area (Å²) in [6.07, 6.45) is 3.30. The lowest BCUT2D eigenvalue weighted by Crippen LogP contribution is -2.36. The van der Waals surface area contributed by atoms with Gasteiger partial charge in [0.15, 0.2) is 10.9 Å². The van der Waals surface area contributed by atoms with Gasteiger partial charge in [-0.3, -0.25) is 4.79 Å². The molecule has 0 saturated carbocycles. The van der Waals surface area contributed by atoms with Gasteiger partial charge in [-0.05, 0) is 19.1 Å². The fourth-order valence-corrected chi connectivity index (χ4v) is 1.57. The molecule has 0 bridgehead atoms. The van der Waals surface area contributed by atoms with Crippen LogP contribution in [0.1, 0.15) is 31.3 Å². The largest absolute Gasteiger partial charge is 0.348 e. The SMILES string of the molecule is CSc1ncc(Cl)c(C(=O)N[C@H](C)C(C)C)n1. The van der Waals surface area contributed by atoms with Gasteiger partial charge in [0.2, 0.25) is 0 Å². The Hall–Kier alpha value is -0.810. The highest BCUT2D eigenvalue weighted by molar-refractivity contribution is 7.98. The Kier molecular flexibility index (Phi) is 5.21. The first-order valence-electron chi connectivity index (χ1n) is 5.33. The number of aromatic nitrogens is 2. The average Bonchev–Trinajstić information content (AvgIpc) is 2.29. The second-order valence-electron chi connectivity index (χ2n) is 4.06. The topological polar surface area (TPSA) is 54.9 Å². The number of thioether (sulfide) groups is 1. The van der Waals surface area contributed by atoms with Gasteiger partial charge in [-0.25, -0.2) is 9.97 Å². The van der Waals surface area contributed by atoms with Crippen LogP contribution >= 0.6 is 23.4 Å². The van der Waals surface area contributed by atoms with Gasteiger partial charge in [-0.1, -0.05) is 37.2 Å². The minimum Gasteiger partial charge on any atom is -0.348 e. The first-order valence-corrected chi connectivity index (χ1v) is 6.93. The van der Waals surface area contributed by atoms with E-state index in [0.717, 1.165) is 0 Å². The van der Waals surface area contributed by atoms with Crippen LogP contribution in [0.3, 0.4) is 0 Å². The minimum absolute atomic E-state index is 0.0752. The van der Waals surface area contributed by atoms with Crippen LogP contribution in [0, 0.1) is 5.92 Å². The van der Waals surface area contributed by atoms with E-state index in [1.54, 1.807) is 0 Å². The molecular weight excluding hydrogens is 258 g/mol. The second kappa shape index (κ2) is 6.21. The smallest absolute Gasteiger partial charge is 0.271 e. The van der Waals surface area contributed by atoms with Crippen molar-refractivity contribution >= 4 is 29.3 Å². The zero-order chi connectivity index (χ0) is 13.0. The summed E-state index contributed by atoms with van der Waals surface area (Å²) in [7, 11) is 0. The molecule has 1 rings (SSSR count). The standard InChI is InChI=1S/C11H16ClN3OS/c1-6(2)7(3)14-10(16)9-8(12)5-13-11(15-9)17-4/h5-7H,1-4H3,(H,14,16)/t7-/m1/s1. The number of hydrogen-bond acceptors (Lipinski definition) is 4. The summed E-state index contributed by atoms with van der Waals surface area (Å²) < 4.78 is 0. The highest BCUT2D eigenvalue weighted by atomic mass is 35.5. The molecule has 0 aliphatic carbocycles. The van der Waals surface area contributed by atoms with Gasteiger partial charge in [-0.2, -0.15) is 0 Å². The van der Waals surface area contributed by atoms with Crippen molar-refractivity contribution in [2.24, 2.45) is 5.92 Å². The molecular formula is C11H16ClN3OS. The van der Waals surface area contributed by atoms with Crippen LogP contribution in [0.15, 0.2) is 11.4 Å². The molecule has 1 aromatic rings. The third-order valence-electron chi connectivity index (χ3n) is 2.48. The number of hydrogen-bond donors (Lipinski definition) is 1. The van der Waals surface area contributed by atoms with Crippen molar-refractivity contribution in [1.82, 2.24) is 15.3 Å². The Bertz CT molecular complexity index is 412. The predicted molar refractivity (Wildman–Crippen MR) is 70.6 cm³/mol. The van der Waals surface area contributed by atoms with Gasteiger partial charge in [0.25, 0.3) is 5.91 Å². The van der Waals surface area contributed by atoms with Crippen LogP contribution in [0.5, 0.6) is 0 Å². The highest BCUT2D eigenvalue weighted by Gasteiger charge is 2.17. The Balaban J connectivity index is 2.88. The Morgan fingerprint density at radius 1 is 1.47 bits per heavy atom. The number of carbonyl (C=O) groups is 1. The summed E-state index contributed by atoms with van der Waals surface area (Å²) in [6, 6.07) is 0.0752. The van der Waals surface area contributed by atoms with E-state index in [9.17, 15) is 4.79 Å². The number of nitrogens with zero attached hydrogens (tertiary/aromatic N) is 2. The normalized spacial score (nSPS) is 12.6. The molecule has 94 valence electrons. The second-order valence-corrected chi connectivity index (χ2v) is 5.24. The third kappa shape index (κ3) is 3.85. The maximum absolute atomic E-state index is 12.0. The molecule has 1 aromatic heterocycles. The van der Waals surface area contributed by atoms with E-state index in [1.807, 2.05) is 27.0 Å². The molecule has 0 unspecified atom stereocenters. The molecule has 1 heterocycles. The van der Waals surface area contributed by atoms with E-state index >= 15 is 0 Å². The molecule has 0 aliphatic heterocycles. The number of rotatable bonds is 4. The minimum atomic E-state index is -0.256. The van der Waals surface area contributed by atoms with Gasteiger partial charge in [0.1, 0.15) is 0 Å². The van der Waals surface area contributed by atoms with Crippen LogP contribution in [-0.4, -0.2) is 28.2 Å². The highest BCUT2D eigenvalue weighted by Crippen LogP contribution is 2.16. The van der Waals surface area contributed by atoms with E-state index in [2.05, 4.69) is 15.3 Å². The molecule has 0 spiro atoms. The zero-order valence-corrected chi connectivity index (χ0v) is 11.9. The molecule has 0 aliphatic rings. The molecule has 0 fully saturated rings. The molecule has 6 heteroatoms. The monoisotopic (exact) mass is 273 g/mol. The first kappa shape index (κ1) is 14.3. The van der Waals surface area contributed by atoms with Crippen LogP contribution in [0.4, 0.5) is 0 Å². The van der Waals surface area contributed by atoms with Crippen molar-refractivity contribution in [1.29, 1.82) is 0 Å². The summed E-state index contributed by atoms with van der Waals surface area (Å²) in [5.74, 6) is 0.105.